The first-order valence-corrected chi connectivity index (χ1v) is 4.44. The number of aliphatic hydroxyl groups excluding tert-OH is 1. The summed E-state index contributed by atoms with van der Waals surface area (Å²) >= 11 is 0. The number of hydrogen-bond donors (Lipinski definition) is 3. The second-order valence-corrected chi connectivity index (χ2v) is 3.21. The molecule has 0 heterocycles. The van der Waals surface area contributed by atoms with E-state index in [0.29, 0.717) is 5.75 Å². The fourth-order valence-electron chi connectivity index (χ4n) is 1.04. The van der Waals surface area contributed by atoms with Crippen LogP contribution in [0.1, 0.15) is 17.3 Å². The van der Waals surface area contributed by atoms with Crippen LogP contribution >= 0.6 is 0 Å². The SMILES string of the molecule is CC(O)COc1ccc(C(=O)O)c(N)c1. The van der Waals surface area contributed by atoms with Gasteiger partial charge in [0.2, 0.25) is 0 Å². The summed E-state index contributed by atoms with van der Waals surface area (Å²) in [6.07, 6.45) is -0.578. The first-order valence-electron chi connectivity index (χ1n) is 4.44. The van der Waals surface area contributed by atoms with E-state index in [1.54, 1.807) is 6.92 Å². The molecule has 4 N–H and O–H groups in total. The molecule has 0 spiro atoms. The molecule has 1 atom stereocenters. The highest BCUT2D eigenvalue weighted by Crippen LogP contribution is 2.19. The number of hydrogen-bond acceptors (Lipinski definition) is 4. The highest BCUT2D eigenvalue weighted by molar-refractivity contribution is 5.93. The molecule has 0 radical (unpaired) electrons. The Balaban J connectivity index is 2.78. The van der Waals surface area contributed by atoms with E-state index in [4.69, 9.17) is 20.7 Å². The van der Waals surface area contributed by atoms with Gasteiger partial charge in [-0.25, -0.2) is 4.79 Å². The summed E-state index contributed by atoms with van der Waals surface area (Å²) in [5.74, 6) is -0.632. The van der Waals surface area contributed by atoms with Crippen LogP contribution in [-0.4, -0.2) is 28.9 Å². The first kappa shape index (κ1) is 11.3. The van der Waals surface area contributed by atoms with Crippen LogP contribution in [0.25, 0.3) is 0 Å². The molecular formula is C10H13NO4. The maximum atomic E-state index is 10.6. The molecule has 0 fully saturated rings. The van der Waals surface area contributed by atoms with Crippen LogP contribution < -0.4 is 10.5 Å². The van der Waals surface area contributed by atoms with Crippen LogP contribution in [0.3, 0.4) is 0 Å². The Kier molecular flexibility index (Phi) is 3.51. The van der Waals surface area contributed by atoms with Gasteiger partial charge in [-0.15, -0.1) is 0 Å². The van der Waals surface area contributed by atoms with Crippen molar-refractivity contribution in [1.82, 2.24) is 0 Å². The van der Waals surface area contributed by atoms with E-state index >= 15 is 0 Å². The molecule has 1 aromatic rings. The van der Waals surface area contributed by atoms with Crippen LogP contribution in [0.5, 0.6) is 5.75 Å². The van der Waals surface area contributed by atoms with E-state index in [0.717, 1.165) is 0 Å². The Morgan fingerprint density at radius 2 is 2.27 bits per heavy atom. The van der Waals surface area contributed by atoms with Crippen molar-refractivity contribution in [2.75, 3.05) is 12.3 Å². The average molecular weight is 211 g/mol. The third-order valence-corrected chi connectivity index (χ3v) is 1.74. The van der Waals surface area contributed by atoms with E-state index in [1.807, 2.05) is 0 Å². The van der Waals surface area contributed by atoms with Crippen LogP contribution in [0, 0.1) is 0 Å². The van der Waals surface area contributed by atoms with E-state index in [9.17, 15) is 4.79 Å². The van der Waals surface area contributed by atoms with E-state index < -0.39 is 12.1 Å². The predicted octanol–water partition coefficient (Wildman–Crippen LogP) is 0.727. The quantitative estimate of drug-likeness (QED) is 0.638. The molecule has 5 nitrogen and oxygen atoms in total. The van der Waals surface area contributed by atoms with Gasteiger partial charge in [-0.2, -0.15) is 0 Å². The van der Waals surface area contributed by atoms with Crippen molar-refractivity contribution >= 4 is 11.7 Å². The number of aromatic carboxylic acids is 1. The van der Waals surface area contributed by atoms with Gasteiger partial charge in [0.1, 0.15) is 12.4 Å². The zero-order valence-electron chi connectivity index (χ0n) is 8.30. The Bertz CT molecular complexity index is 362. The Morgan fingerprint density at radius 3 is 2.73 bits per heavy atom. The Hall–Kier alpha value is -1.75. The fourth-order valence-corrected chi connectivity index (χ4v) is 1.04. The van der Waals surface area contributed by atoms with Crippen LogP contribution in [-0.2, 0) is 0 Å². The number of benzene rings is 1. The number of carboxylic acid groups (broad SMARTS) is 1. The molecule has 1 aromatic carbocycles. The van der Waals surface area contributed by atoms with E-state index in [2.05, 4.69) is 0 Å². The molecule has 0 bridgehead atoms. The number of nitrogen functional groups attached to an aromatic ring is 1. The molecule has 0 saturated carbocycles. The van der Waals surface area contributed by atoms with Crippen molar-refractivity contribution in [3.63, 3.8) is 0 Å². The predicted molar refractivity (Wildman–Crippen MR) is 55.0 cm³/mol. The molecule has 5 heteroatoms. The van der Waals surface area contributed by atoms with E-state index in [-0.39, 0.29) is 17.9 Å². The van der Waals surface area contributed by atoms with Crippen LogP contribution in [0.2, 0.25) is 0 Å². The van der Waals surface area contributed by atoms with Gasteiger partial charge in [-0.1, -0.05) is 0 Å². The molecule has 0 aliphatic heterocycles. The molecule has 0 aliphatic carbocycles. The molecule has 1 rings (SSSR count). The third kappa shape index (κ3) is 3.14. The standard InChI is InChI=1S/C10H13NO4/c1-6(12)5-15-7-2-3-8(10(13)14)9(11)4-7/h2-4,6,12H,5,11H2,1H3,(H,13,14). The number of carboxylic acids is 1. The van der Waals surface area contributed by atoms with Crippen molar-refractivity contribution in [3.8, 4) is 5.75 Å². The largest absolute Gasteiger partial charge is 0.491 e. The van der Waals surface area contributed by atoms with Crippen molar-refractivity contribution in [2.45, 2.75) is 13.0 Å². The van der Waals surface area contributed by atoms with Gasteiger partial charge < -0.3 is 20.7 Å². The van der Waals surface area contributed by atoms with Gasteiger partial charge in [0.05, 0.1) is 11.7 Å². The van der Waals surface area contributed by atoms with Crippen LogP contribution in [0.4, 0.5) is 5.69 Å². The summed E-state index contributed by atoms with van der Waals surface area (Å²) in [7, 11) is 0. The van der Waals surface area contributed by atoms with Crippen molar-refractivity contribution in [3.05, 3.63) is 23.8 Å². The van der Waals surface area contributed by atoms with Crippen molar-refractivity contribution < 1.29 is 19.7 Å². The van der Waals surface area contributed by atoms with Crippen LogP contribution in [0.15, 0.2) is 18.2 Å². The van der Waals surface area contributed by atoms with Gasteiger partial charge in [0.25, 0.3) is 0 Å². The number of carbonyl (C=O) groups is 1. The summed E-state index contributed by atoms with van der Waals surface area (Å²) in [5.41, 5.74) is 5.69. The smallest absolute Gasteiger partial charge is 0.337 e. The van der Waals surface area contributed by atoms with Gasteiger partial charge >= 0.3 is 5.97 Å². The zero-order valence-corrected chi connectivity index (χ0v) is 8.30. The average Bonchev–Trinajstić information content (AvgIpc) is 2.14. The fraction of sp³-hybridized carbons (Fsp3) is 0.300. The highest BCUT2D eigenvalue weighted by Gasteiger charge is 2.08. The second kappa shape index (κ2) is 4.65. The topological polar surface area (TPSA) is 92.8 Å². The molecule has 0 aliphatic rings. The maximum Gasteiger partial charge on any atom is 0.337 e. The summed E-state index contributed by atoms with van der Waals surface area (Å²) in [6, 6.07) is 4.29. The number of nitrogens with two attached hydrogens (primary N) is 1. The minimum Gasteiger partial charge on any atom is -0.491 e. The minimum absolute atomic E-state index is 0.0411. The molecule has 15 heavy (non-hydrogen) atoms. The summed E-state index contributed by atoms with van der Waals surface area (Å²) < 4.78 is 5.16. The van der Waals surface area contributed by atoms with E-state index in [1.165, 1.54) is 18.2 Å². The zero-order chi connectivity index (χ0) is 11.4. The maximum absolute atomic E-state index is 10.6. The first-order chi connectivity index (χ1) is 7.00. The molecule has 0 aromatic heterocycles. The van der Waals surface area contributed by atoms with Crippen molar-refractivity contribution in [1.29, 1.82) is 0 Å². The molecule has 0 saturated heterocycles. The lowest BCUT2D eigenvalue weighted by Gasteiger charge is -2.09. The molecule has 0 amide bonds. The summed E-state index contributed by atoms with van der Waals surface area (Å²) in [6.45, 7) is 1.74. The lowest BCUT2D eigenvalue weighted by molar-refractivity contribution is 0.0698. The van der Waals surface area contributed by atoms with Gasteiger partial charge in [0.15, 0.2) is 0 Å². The van der Waals surface area contributed by atoms with Gasteiger partial charge in [0, 0.05) is 11.8 Å². The highest BCUT2D eigenvalue weighted by atomic mass is 16.5. The number of anilines is 1. The lowest BCUT2D eigenvalue weighted by Crippen LogP contribution is -2.13. The Labute approximate surface area is 87.1 Å². The third-order valence-electron chi connectivity index (χ3n) is 1.74. The number of ether oxygens (including phenoxy) is 1. The summed E-state index contributed by atoms with van der Waals surface area (Å²) in [4.78, 5) is 10.6. The van der Waals surface area contributed by atoms with Gasteiger partial charge in [-0.3, -0.25) is 0 Å². The second-order valence-electron chi connectivity index (χ2n) is 3.21. The molecule has 82 valence electrons. The minimum atomic E-state index is -1.07. The van der Waals surface area contributed by atoms with Gasteiger partial charge in [-0.05, 0) is 19.1 Å². The summed E-state index contributed by atoms with van der Waals surface area (Å²) in [5, 5.41) is 17.7. The molecular weight excluding hydrogens is 198 g/mol. The molecule has 1 unspecified atom stereocenters. The number of aliphatic hydroxyl groups is 1. The normalized spacial score (nSPS) is 12.1. The number of rotatable bonds is 4. The lowest BCUT2D eigenvalue weighted by atomic mass is 10.2. The van der Waals surface area contributed by atoms with Crippen molar-refractivity contribution in [2.24, 2.45) is 0 Å². The Morgan fingerprint density at radius 1 is 1.60 bits per heavy atom. The monoisotopic (exact) mass is 211 g/mol.